The van der Waals surface area contributed by atoms with E-state index in [1.807, 2.05) is 0 Å². The van der Waals surface area contributed by atoms with Gasteiger partial charge in [-0.15, -0.1) is 0 Å². The Kier molecular flexibility index (Phi) is 12.7. The van der Waals surface area contributed by atoms with Crippen LogP contribution in [0, 0.1) is 0 Å². The van der Waals surface area contributed by atoms with Crippen LogP contribution in [0.4, 0.5) is 0 Å². The predicted octanol–water partition coefficient (Wildman–Crippen LogP) is -6.63. The lowest BCUT2D eigenvalue weighted by Crippen LogP contribution is -2.62. The van der Waals surface area contributed by atoms with Gasteiger partial charge in [-0.25, -0.2) is 0 Å². The second-order valence-corrected chi connectivity index (χ2v) is 8.60. The first kappa shape index (κ1) is 31.6. The van der Waals surface area contributed by atoms with Gasteiger partial charge in [0.2, 0.25) is 0 Å². The van der Waals surface area contributed by atoms with Crippen LogP contribution in [0.3, 0.4) is 0 Å². The van der Waals surface area contributed by atoms with Crippen LogP contribution in [-0.4, -0.2) is 178 Å². The Morgan fingerprint density at radius 1 is 0.639 bits per heavy atom. The summed E-state index contributed by atoms with van der Waals surface area (Å²) in [5.74, 6) is 0. The first-order chi connectivity index (χ1) is 17.0. The standard InChI is InChI=1S/C20H38O16/c1-31-17(7(23)3-21)18(32-2)8(24)5-33-19-16(30)14(28)12(26)10(36-19)6-34-20-15(29)13(27)11(25)9(4-22)35-20/h7-30H,3-6H2,1-2H3/t7-,8-,9-,10-,11-,12-,13+,14+,15-,16-,17-,18-,19-,20-/m1/s1. The molecule has 2 heterocycles. The minimum Gasteiger partial charge on any atom is -0.394 e. The molecular weight excluding hydrogens is 496 g/mol. The Hall–Kier alpha value is -0.640. The molecule has 10 N–H and O–H groups in total. The Balaban J connectivity index is 1.99. The van der Waals surface area contributed by atoms with Crippen molar-refractivity contribution in [2.24, 2.45) is 0 Å². The van der Waals surface area contributed by atoms with E-state index in [2.05, 4.69) is 0 Å². The molecule has 2 fully saturated rings. The van der Waals surface area contributed by atoms with Gasteiger partial charge >= 0.3 is 0 Å². The maximum absolute atomic E-state index is 10.4. The van der Waals surface area contributed by atoms with E-state index in [0.717, 1.165) is 0 Å². The fraction of sp³-hybridized carbons (Fsp3) is 1.00. The second kappa shape index (κ2) is 14.5. The number of hydrogen-bond donors (Lipinski definition) is 10. The normalized spacial score (nSPS) is 41.0. The number of aliphatic hydroxyl groups excluding tert-OH is 10. The zero-order valence-corrected chi connectivity index (χ0v) is 19.8. The van der Waals surface area contributed by atoms with Crippen LogP contribution in [0.2, 0.25) is 0 Å². The first-order valence-electron chi connectivity index (χ1n) is 11.3. The van der Waals surface area contributed by atoms with Crippen molar-refractivity contribution in [3.8, 4) is 0 Å². The molecule has 14 atom stereocenters. The van der Waals surface area contributed by atoms with Gasteiger partial charge in [-0.3, -0.25) is 0 Å². The number of methoxy groups -OCH3 is 2. The zero-order chi connectivity index (χ0) is 27.2. The first-order valence-corrected chi connectivity index (χ1v) is 11.3. The largest absolute Gasteiger partial charge is 0.394 e. The molecule has 0 aromatic heterocycles. The summed E-state index contributed by atoms with van der Waals surface area (Å²) >= 11 is 0. The molecule has 2 aliphatic heterocycles. The number of rotatable bonds is 13. The smallest absolute Gasteiger partial charge is 0.186 e. The van der Waals surface area contributed by atoms with Crippen molar-refractivity contribution in [3.05, 3.63) is 0 Å². The summed E-state index contributed by atoms with van der Waals surface area (Å²) in [7, 11) is 2.46. The second-order valence-electron chi connectivity index (χ2n) is 8.60. The van der Waals surface area contributed by atoms with Crippen LogP contribution in [-0.2, 0) is 28.4 Å². The lowest BCUT2D eigenvalue weighted by molar-refractivity contribution is -0.333. The molecule has 0 aromatic carbocycles. The molecule has 0 saturated carbocycles. The van der Waals surface area contributed by atoms with Gasteiger partial charge in [-0.1, -0.05) is 0 Å². The minimum absolute atomic E-state index is 0.550. The van der Waals surface area contributed by atoms with Crippen molar-refractivity contribution in [2.45, 2.75) is 85.8 Å². The summed E-state index contributed by atoms with van der Waals surface area (Å²) in [5, 5.41) is 99.2. The van der Waals surface area contributed by atoms with E-state index in [9.17, 15) is 46.0 Å². The quantitative estimate of drug-likeness (QED) is 0.105. The van der Waals surface area contributed by atoms with Gasteiger partial charge in [0.05, 0.1) is 26.4 Å². The molecule has 2 aliphatic rings. The Bertz CT molecular complexity index is 627. The van der Waals surface area contributed by atoms with Crippen LogP contribution >= 0.6 is 0 Å². The number of hydrogen-bond acceptors (Lipinski definition) is 16. The molecule has 0 bridgehead atoms. The van der Waals surface area contributed by atoms with E-state index in [1.54, 1.807) is 0 Å². The van der Waals surface area contributed by atoms with Crippen LogP contribution in [0.1, 0.15) is 0 Å². The molecule has 2 saturated heterocycles. The van der Waals surface area contributed by atoms with Crippen molar-refractivity contribution in [1.82, 2.24) is 0 Å². The zero-order valence-electron chi connectivity index (χ0n) is 19.8. The Labute approximate surface area is 206 Å². The van der Waals surface area contributed by atoms with Gasteiger partial charge in [0.15, 0.2) is 12.6 Å². The Morgan fingerprint density at radius 2 is 1.11 bits per heavy atom. The average Bonchev–Trinajstić information content (AvgIpc) is 2.88. The summed E-state index contributed by atoms with van der Waals surface area (Å²) in [5.41, 5.74) is 0. The highest BCUT2D eigenvalue weighted by molar-refractivity contribution is 4.92. The van der Waals surface area contributed by atoms with Crippen LogP contribution < -0.4 is 0 Å². The van der Waals surface area contributed by atoms with Gasteiger partial charge in [-0.05, 0) is 0 Å². The van der Waals surface area contributed by atoms with Crippen molar-refractivity contribution < 1.29 is 79.5 Å². The van der Waals surface area contributed by atoms with E-state index < -0.39 is 112 Å². The van der Waals surface area contributed by atoms with Crippen LogP contribution in [0.25, 0.3) is 0 Å². The van der Waals surface area contributed by atoms with Crippen molar-refractivity contribution in [1.29, 1.82) is 0 Å². The average molecular weight is 535 g/mol. The molecule has 0 unspecified atom stereocenters. The van der Waals surface area contributed by atoms with Gasteiger partial charge < -0.3 is 79.5 Å². The third-order valence-corrected chi connectivity index (χ3v) is 6.19. The number of aliphatic hydroxyl groups is 10. The minimum atomic E-state index is -1.77. The highest BCUT2D eigenvalue weighted by Gasteiger charge is 2.48. The molecule has 0 spiro atoms. The molecule has 0 amide bonds. The molecule has 214 valence electrons. The summed E-state index contributed by atoms with van der Waals surface area (Å²) in [6.45, 7) is -2.46. The highest BCUT2D eigenvalue weighted by Crippen LogP contribution is 2.26. The lowest BCUT2D eigenvalue weighted by atomic mass is 9.98. The fourth-order valence-electron chi connectivity index (χ4n) is 4.00. The van der Waals surface area contributed by atoms with Gasteiger partial charge in [-0.2, -0.15) is 0 Å². The Morgan fingerprint density at radius 3 is 1.61 bits per heavy atom. The molecule has 16 heteroatoms. The fourth-order valence-corrected chi connectivity index (χ4v) is 4.00. The van der Waals surface area contributed by atoms with Crippen LogP contribution in [0.5, 0.6) is 0 Å². The van der Waals surface area contributed by atoms with Gasteiger partial charge in [0, 0.05) is 14.2 Å². The molecule has 0 radical (unpaired) electrons. The highest BCUT2D eigenvalue weighted by atomic mass is 16.7. The summed E-state index contributed by atoms with van der Waals surface area (Å²) in [4.78, 5) is 0. The van der Waals surface area contributed by atoms with E-state index in [4.69, 9.17) is 33.5 Å². The third kappa shape index (κ3) is 7.26. The molecular formula is C20H38O16. The van der Waals surface area contributed by atoms with Crippen molar-refractivity contribution in [2.75, 3.05) is 40.6 Å². The van der Waals surface area contributed by atoms with Gasteiger partial charge in [0.1, 0.15) is 73.2 Å². The third-order valence-electron chi connectivity index (χ3n) is 6.19. The van der Waals surface area contributed by atoms with E-state index in [-0.39, 0.29) is 0 Å². The SMILES string of the molecule is CO[C@@H]([C@H](OC)[C@H](O)CO[C@@H]1O[C@H](CO[C@@H]2O[C@H](CO)[C@@H](O)[C@H](O)[C@H]2O)[C@@H](O)[C@H](O)[C@H]1O)[C@H](O)CO. The van der Waals surface area contributed by atoms with E-state index in [1.165, 1.54) is 14.2 Å². The molecule has 2 rings (SSSR count). The summed E-state index contributed by atoms with van der Waals surface area (Å²) in [6, 6.07) is 0. The molecule has 16 nitrogen and oxygen atoms in total. The molecule has 0 aromatic rings. The summed E-state index contributed by atoms with van der Waals surface area (Å²) in [6.07, 6.45) is -21.1. The maximum atomic E-state index is 10.4. The van der Waals surface area contributed by atoms with Crippen molar-refractivity contribution >= 4 is 0 Å². The monoisotopic (exact) mass is 534 g/mol. The molecule has 36 heavy (non-hydrogen) atoms. The van der Waals surface area contributed by atoms with Crippen molar-refractivity contribution in [3.63, 3.8) is 0 Å². The van der Waals surface area contributed by atoms with E-state index in [0.29, 0.717) is 0 Å². The topological polar surface area (TPSA) is 258 Å². The lowest BCUT2D eigenvalue weighted by Gasteiger charge is -2.43. The van der Waals surface area contributed by atoms with E-state index >= 15 is 0 Å². The van der Waals surface area contributed by atoms with Crippen LogP contribution in [0.15, 0.2) is 0 Å². The molecule has 0 aliphatic carbocycles. The predicted molar refractivity (Wildman–Crippen MR) is 113 cm³/mol. The maximum Gasteiger partial charge on any atom is 0.186 e. The summed E-state index contributed by atoms with van der Waals surface area (Å²) < 4.78 is 31.5. The number of ether oxygens (including phenoxy) is 6. The van der Waals surface area contributed by atoms with Gasteiger partial charge in [0.25, 0.3) is 0 Å².